The maximum Gasteiger partial charge on any atom is 0.343 e. The number of allylic oxidation sites excluding steroid dienone is 1. The normalized spacial score (nSPS) is 16.6. The van der Waals surface area contributed by atoms with Gasteiger partial charge in [0.1, 0.15) is 10.8 Å². The quantitative estimate of drug-likeness (QED) is 0.575. The van der Waals surface area contributed by atoms with E-state index in [0.29, 0.717) is 15.6 Å². The van der Waals surface area contributed by atoms with Crippen LogP contribution in [0.15, 0.2) is 69.6 Å². The molecule has 0 aliphatic carbocycles. The van der Waals surface area contributed by atoms with E-state index in [-0.39, 0.29) is 33.5 Å². The molecule has 182 valence electrons. The van der Waals surface area contributed by atoms with Crippen molar-refractivity contribution in [3.63, 3.8) is 0 Å². The van der Waals surface area contributed by atoms with Crippen molar-refractivity contribution >= 4 is 39.7 Å². The van der Waals surface area contributed by atoms with Crippen LogP contribution in [0, 0.1) is 0 Å². The summed E-state index contributed by atoms with van der Waals surface area (Å²) in [5, 5.41) is 12.0. The summed E-state index contributed by atoms with van der Waals surface area (Å²) in [6, 6.07) is 11.9. The molecule has 0 unspecified atom stereocenters. The molecule has 0 saturated heterocycles. The van der Waals surface area contributed by atoms with Gasteiger partial charge in [-0.05, 0) is 42.3 Å². The Balaban J connectivity index is 1.52. The van der Waals surface area contributed by atoms with E-state index in [4.69, 9.17) is 9.84 Å². The number of methoxy groups -OCH3 is 1. The molecule has 0 radical (unpaired) electrons. The second-order valence-electron chi connectivity index (χ2n) is 7.66. The van der Waals surface area contributed by atoms with Gasteiger partial charge in [-0.2, -0.15) is 0 Å². The number of urea groups is 1. The van der Waals surface area contributed by atoms with Crippen molar-refractivity contribution in [2.45, 2.75) is 20.0 Å². The first kappa shape index (κ1) is 24.4. The number of nitrogens with zero attached hydrogens (tertiary/aromatic N) is 2. The van der Waals surface area contributed by atoms with Gasteiger partial charge in [0.05, 0.1) is 29.0 Å². The number of ether oxygens (including phenoxy) is 1. The predicted molar refractivity (Wildman–Crippen MR) is 128 cm³/mol. The molecule has 35 heavy (non-hydrogen) atoms. The SMILES string of the molecule is COc1cccc(CNC(=O)C2=CN3C(=O)N(Cc4ccc(C(=O)O)cc4)S(=O)(=O)C(C)=C3S2)c1. The molecule has 2 heterocycles. The van der Waals surface area contributed by atoms with Gasteiger partial charge in [0, 0.05) is 12.7 Å². The average Bonchev–Trinajstić information content (AvgIpc) is 3.30. The molecule has 2 aliphatic heterocycles. The lowest BCUT2D eigenvalue weighted by atomic mass is 10.1. The highest BCUT2D eigenvalue weighted by Crippen LogP contribution is 2.44. The van der Waals surface area contributed by atoms with Crippen LogP contribution in [0.5, 0.6) is 5.75 Å². The number of hydrogen-bond acceptors (Lipinski definition) is 7. The van der Waals surface area contributed by atoms with Crippen LogP contribution in [-0.2, 0) is 27.9 Å². The van der Waals surface area contributed by atoms with Crippen molar-refractivity contribution in [1.29, 1.82) is 0 Å². The Labute approximate surface area is 205 Å². The Morgan fingerprint density at radius 3 is 2.49 bits per heavy atom. The molecule has 2 aromatic rings. The molecule has 4 rings (SSSR count). The van der Waals surface area contributed by atoms with E-state index in [1.807, 2.05) is 6.07 Å². The minimum Gasteiger partial charge on any atom is -0.497 e. The number of sulfonamides is 1. The lowest BCUT2D eigenvalue weighted by molar-refractivity contribution is -0.117. The summed E-state index contributed by atoms with van der Waals surface area (Å²) >= 11 is 0.911. The molecule has 2 N–H and O–H groups in total. The van der Waals surface area contributed by atoms with Gasteiger partial charge in [-0.25, -0.2) is 22.3 Å². The van der Waals surface area contributed by atoms with Crippen molar-refractivity contribution < 1.29 is 32.6 Å². The van der Waals surface area contributed by atoms with Crippen LogP contribution in [0.2, 0.25) is 0 Å². The molecule has 0 aromatic heterocycles. The van der Waals surface area contributed by atoms with Crippen molar-refractivity contribution in [3.05, 3.63) is 86.3 Å². The van der Waals surface area contributed by atoms with Crippen LogP contribution in [0.4, 0.5) is 4.79 Å². The number of carbonyl (C=O) groups excluding carboxylic acids is 2. The van der Waals surface area contributed by atoms with E-state index in [2.05, 4.69) is 5.32 Å². The zero-order valence-electron chi connectivity index (χ0n) is 18.7. The Bertz CT molecular complexity index is 1380. The van der Waals surface area contributed by atoms with Gasteiger partial charge in [-0.1, -0.05) is 36.0 Å². The second kappa shape index (κ2) is 9.47. The lowest BCUT2D eigenvalue weighted by Gasteiger charge is -2.32. The van der Waals surface area contributed by atoms with Gasteiger partial charge < -0.3 is 15.2 Å². The summed E-state index contributed by atoms with van der Waals surface area (Å²) in [6.45, 7) is 1.32. The first-order valence-corrected chi connectivity index (χ1v) is 12.6. The van der Waals surface area contributed by atoms with Gasteiger partial charge in [-0.3, -0.25) is 9.69 Å². The number of rotatable bonds is 7. The predicted octanol–water partition coefficient (Wildman–Crippen LogP) is 3.05. The van der Waals surface area contributed by atoms with Crippen LogP contribution in [0.1, 0.15) is 28.4 Å². The average molecular weight is 516 g/mol. The summed E-state index contributed by atoms with van der Waals surface area (Å²) in [4.78, 5) is 38.2. The molecule has 0 spiro atoms. The van der Waals surface area contributed by atoms with Gasteiger partial charge in [0.2, 0.25) is 0 Å². The van der Waals surface area contributed by atoms with Gasteiger partial charge in [0.25, 0.3) is 15.9 Å². The number of carbonyl (C=O) groups is 3. The molecule has 12 heteroatoms. The fourth-order valence-corrected chi connectivity index (χ4v) is 6.07. The highest BCUT2D eigenvalue weighted by atomic mass is 32.2. The number of carboxylic acids is 1. The Morgan fingerprint density at radius 2 is 1.83 bits per heavy atom. The van der Waals surface area contributed by atoms with Crippen LogP contribution < -0.4 is 10.1 Å². The molecule has 3 amide bonds. The second-order valence-corrected chi connectivity index (χ2v) is 10.7. The zero-order chi connectivity index (χ0) is 25.3. The number of amides is 3. The van der Waals surface area contributed by atoms with Crippen LogP contribution in [-0.4, -0.2) is 47.7 Å². The number of nitrogens with one attached hydrogen (secondary N) is 1. The molecule has 0 fully saturated rings. The summed E-state index contributed by atoms with van der Waals surface area (Å²) in [7, 11) is -2.59. The smallest absolute Gasteiger partial charge is 0.343 e. The van der Waals surface area contributed by atoms with Crippen molar-refractivity contribution in [2.24, 2.45) is 0 Å². The van der Waals surface area contributed by atoms with Crippen molar-refractivity contribution in [1.82, 2.24) is 14.5 Å². The molecule has 0 atom stereocenters. The topological polar surface area (TPSA) is 133 Å². The fraction of sp³-hybridized carbons (Fsp3) is 0.174. The molecule has 10 nitrogen and oxygen atoms in total. The minimum atomic E-state index is -4.14. The maximum atomic E-state index is 13.1. The summed E-state index contributed by atoms with van der Waals surface area (Å²) in [5.41, 5.74) is 1.30. The molecule has 0 saturated carbocycles. The number of fused-ring (bicyclic) bond motifs is 1. The number of carboxylic acid groups (broad SMARTS) is 1. The van der Waals surface area contributed by atoms with E-state index >= 15 is 0 Å². The number of aromatic carboxylic acids is 1. The van der Waals surface area contributed by atoms with Crippen LogP contribution in [0.3, 0.4) is 0 Å². The van der Waals surface area contributed by atoms with E-state index in [1.54, 1.807) is 25.3 Å². The molecule has 2 aliphatic rings. The van der Waals surface area contributed by atoms with Crippen molar-refractivity contribution in [2.75, 3.05) is 7.11 Å². The van der Waals surface area contributed by atoms with Crippen LogP contribution >= 0.6 is 11.8 Å². The van der Waals surface area contributed by atoms with Crippen LogP contribution in [0.25, 0.3) is 0 Å². The van der Waals surface area contributed by atoms with E-state index in [1.165, 1.54) is 37.4 Å². The largest absolute Gasteiger partial charge is 0.497 e. The van der Waals surface area contributed by atoms with Crippen molar-refractivity contribution in [3.8, 4) is 5.75 Å². The number of hydrogen-bond donors (Lipinski definition) is 2. The summed E-state index contributed by atoms with van der Waals surface area (Å²) in [5.74, 6) is -0.913. The highest BCUT2D eigenvalue weighted by molar-refractivity contribution is 8.08. The molecule has 2 aromatic carbocycles. The Morgan fingerprint density at radius 1 is 1.11 bits per heavy atom. The van der Waals surface area contributed by atoms with E-state index in [0.717, 1.165) is 22.2 Å². The fourth-order valence-electron chi connectivity index (χ4n) is 3.47. The number of benzene rings is 2. The third kappa shape index (κ3) is 4.75. The number of thioether (sulfide) groups is 1. The summed E-state index contributed by atoms with van der Waals surface area (Å²) in [6.07, 6.45) is 1.32. The van der Waals surface area contributed by atoms with E-state index < -0.39 is 27.9 Å². The third-order valence-corrected chi connectivity index (χ3v) is 8.58. The minimum absolute atomic E-state index is 0.0448. The first-order valence-electron chi connectivity index (χ1n) is 10.3. The zero-order valence-corrected chi connectivity index (χ0v) is 20.4. The highest BCUT2D eigenvalue weighted by Gasteiger charge is 2.44. The Kier molecular flexibility index (Phi) is 6.59. The lowest BCUT2D eigenvalue weighted by Crippen LogP contribution is -2.46. The monoisotopic (exact) mass is 515 g/mol. The standard InChI is InChI=1S/C23H21N3O7S2/c1-14-21-25(13-19(34-21)20(27)24-11-16-4-3-5-18(10-16)33-2)23(30)26(35(14,31)32)12-15-6-8-17(9-7-15)22(28)29/h3-10,13H,11-12H2,1-2H3,(H,24,27)(H,28,29). The molecular formula is C23H21N3O7S2. The van der Waals surface area contributed by atoms with E-state index in [9.17, 15) is 22.8 Å². The van der Waals surface area contributed by atoms with Gasteiger partial charge in [0.15, 0.2) is 0 Å². The Hall–Kier alpha value is -3.77. The maximum absolute atomic E-state index is 13.1. The summed E-state index contributed by atoms with van der Waals surface area (Å²) < 4.78 is 32.0. The molecular weight excluding hydrogens is 494 g/mol. The molecule has 0 bridgehead atoms. The third-order valence-electron chi connectivity index (χ3n) is 5.41. The van der Waals surface area contributed by atoms with Gasteiger partial charge in [-0.15, -0.1) is 0 Å². The van der Waals surface area contributed by atoms with Gasteiger partial charge >= 0.3 is 12.0 Å². The first-order chi connectivity index (χ1) is 16.6.